The highest BCUT2D eigenvalue weighted by molar-refractivity contribution is 5.92. The SMILES string of the molecule is CCOc1ccc(C(=O)OCC(=O)NC2CCCC2)cc1[N+](=O)[O-]. The van der Waals surface area contributed by atoms with Crippen LogP contribution in [0.2, 0.25) is 0 Å². The van der Waals surface area contributed by atoms with Crippen LogP contribution in [0.15, 0.2) is 18.2 Å². The fourth-order valence-electron chi connectivity index (χ4n) is 2.62. The third-order valence-electron chi connectivity index (χ3n) is 3.75. The van der Waals surface area contributed by atoms with E-state index in [1.807, 2.05) is 0 Å². The van der Waals surface area contributed by atoms with Gasteiger partial charge in [0.1, 0.15) is 0 Å². The van der Waals surface area contributed by atoms with Gasteiger partial charge in [-0.3, -0.25) is 14.9 Å². The minimum absolute atomic E-state index is 0.00109. The lowest BCUT2D eigenvalue weighted by Crippen LogP contribution is -2.35. The summed E-state index contributed by atoms with van der Waals surface area (Å²) in [6.07, 6.45) is 4.04. The third kappa shape index (κ3) is 4.68. The van der Waals surface area contributed by atoms with Gasteiger partial charge >= 0.3 is 11.7 Å². The highest BCUT2D eigenvalue weighted by Gasteiger charge is 2.21. The van der Waals surface area contributed by atoms with Crippen molar-refractivity contribution in [3.8, 4) is 5.75 Å². The van der Waals surface area contributed by atoms with Crippen molar-refractivity contribution in [3.63, 3.8) is 0 Å². The lowest BCUT2D eigenvalue weighted by atomic mass is 10.2. The maximum absolute atomic E-state index is 12.0. The Bertz CT molecular complexity index is 625. The van der Waals surface area contributed by atoms with E-state index in [4.69, 9.17) is 9.47 Å². The molecule has 0 radical (unpaired) electrons. The van der Waals surface area contributed by atoms with Crippen LogP contribution in [0, 0.1) is 10.1 Å². The van der Waals surface area contributed by atoms with Crippen LogP contribution in [-0.4, -0.2) is 36.1 Å². The molecule has 0 unspecified atom stereocenters. The van der Waals surface area contributed by atoms with Gasteiger partial charge in [0.2, 0.25) is 0 Å². The van der Waals surface area contributed by atoms with Crippen LogP contribution >= 0.6 is 0 Å². The number of carbonyl (C=O) groups excluding carboxylic acids is 2. The standard InChI is InChI=1S/C16H20N2O6/c1-2-23-14-8-7-11(9-13(14)18(21)22)16(20)24-10-15(19)17-12-5-3-4-6-12/h7-9,12H,2-6,10H2,1H3,(H,17,19). The number of nitro groups is 1. The minimum Gasteiger partial charge on any atom is -0.487 e. The fraction of sp³-hybridized carbons (Fsp3) is 0.500. The van der Waals surface area contributed by atoms with Crippen molar-refractivity contribution in [1.29, 1.82) is 0 Å². The monoisotopic (exact) mass is 336 g/mol. The van der Waals surface area contributed by atoms with E-state index in [9.17, 15) is 19.7 Å². The van der Waals surface area contributed by atoms with Crippen molar-refractivity contribution < 1.29 is 24.0 Å². The average Bonchev–Trinajstić information content (AvgIpc) is 3.06. The molecule has 24 heavy (non-hydrogen) atoms. The van der Waals surface area contributed by atoms with E-state index in [2.05, 4.69) is 5.32 Å². The van der Waals surface area contributed by atoms with Gasteiger partial charge in [-0.2, -0.15) is 0 Å². The molecule has 0 aromatic heterocycles. The number of nitrogens with zero attached hydrogens (tertiary/aromatic N) is 1. The zero-order valence-electron chi connectivity index (χ0n) is 13.4. The first-order chi connectivity index (χ1) is 11.5. The Hall–Kier alpha value is -2.64. The molecule has 1 saturated carbocycles. The predicted octanol–water partition coefficient (Wildman–Crippen LogP) is 2.21. The van der Waals surface area contributed by atoms with E-state index in [1.54, 1.807) is 6.92 Å². The number of amides is 1. The number of benzene rings is 1. The molecule has 1 aliphatic rings. The topological polar surface area (TPSA) is 108 Å². The molecule has 8 heteroatoms. The van der Waals surface area contributed by atoms with Gasteiger partial charge in [0, 0.05) is 12.1 Å². The normalized spacial score (nSPS) is 14.2. The van der Waals surface area contributed by atoms with Crippen LogP contribution in [0.3, 0.4) is 0 Å². The molecule has 1 aromatic carbocycles. The van der Waals surface area contributed by atoms with Crippen molar-refractivity contribution in [2.75, 3.05) is 13.2 Å². The van der Waals surface area contributed by atoms with E-state index in [-0.39, 0.29) is 35.6 Å². The van der Waals surface area contributed by atoms with Crippen LogP contribution < -0.4 is 10.1 Å². The fourth-order valence-corrected chi connectivity index (χ4v) is 2.62. The molecule has 1 aliphatic carbocycles. The maximum Gasteiger partial charge on any atom is 0.338 e. The number of hydrogen-bond donors (Lipinski definition) is 1. The summed E-state index contributed by atoms with van der Waals surface area (Å²) in [5.74, 6) is -1.07. The summed E-state index contributed by atoms with van der Waals surface area (Å²) in [6.45, 7) is 1.57. The molecule has 1 fully saturated rings. The van der Waals surface area contributed by atoms with Crippen LogP contribution in [0.5, 0.6) is 5.75 Å². The van der Waals surface area contributed by atoms with E-state index in [1.165, 1.54) is 12.1 Å². The van der Waals surface area contributed by atoms with Gasteiger partial charge in [0.25, 0.3) is 5.91 Å². The first kappa shape index (κ1) is 17.7. The smallest absolute Gasteiger partial charge is 0.338 e. The summed E-state index contributed by atoms with van der Waals surface area (Å²) in [4.78, 5) is 34.1. The molecule has 1 N–H and O–H groups in total. The molecule has 130 valence electrons. The minimum atomic E-state index is -0.789. The van der Waals surface area contributed by atoms with Gasteiger partial charge in [-0.25, -0.2) is 4.79 Å². The summed E-state index contributed by atoms with van der Waals surface area (Å²) in [5, 5.41) is 13.8. The number of rotatable bonds is 7. The van der Waals surface area contributed by atoms with Gasteiger partial charge in [-0.15, -0.1) is 0 Å². The molecule has 0 aliphatic heterocycles. The number of nitrogens with one attached hydrogen (secondary N) is 1. The Kier molecular flexibility index (Phi) is 6.11. The second-order valence-corrected chi connectivity index (χ2v) is 5.50. The maximum atomic E-state index is 12.0. The molecule has 0 spiro atoms. The van der Waals surface area contributed by atoms with E-state index < -0.39 is 17.5 Å². The van der Waals surface area contributed by atoms with Crippen LogP contribution in [0.1, 0.15) is 43.0 Å². The Morgan fingerprint density at radius 2 is 2.04 bits per heavy atom. The summed E-state index contributed by atoms with van der Waals surface area (Å²) in [7, 11) is 0. The first-order valence-electron chi connectivity index (χ1n) is 7.89. The molecule has 8 nitrogen and oxygen atoms in total. The molecule has 2 rings (SSSR count). The van der Waals surface area contributed by atoms with Gasteiger partial charge in [0.05, 0.1) is 17.1 Å². The molecule has 0 heterocycles. The van der Waals surface area contributed by atoms with Crippen LogP contribution in [-0.2, 0) is 9.53 Å². The Balaban J connectivity index is 1.95. The Morgan fingerprint density at radius 3 is 2.67 bits per heavy atom. The van der Waals surface area contributed by atoms with Gasteiger partial charge < -0.3 is 14.8 Å². The van der Waals surface area contributed by atoms with Crippen molar-refractivity contribution in [2.24, 2.45) is 0 Å². The van der Waals surface area contributed by atoms with E-state index in [0.29, 0.717) is 0 Å². The largest absolute Gasteiger partial charge is 0.487 e. The molecular formula is C16H20N2O6. The van der Waals surface area contributed by atoms with Crippen molar-refractivity contribution in [3.05, 3.63) is 33.9 Å². The Labute approximate surface area is 139 Å². The molecule has 0 bridgehead atoms. The van der Waals surface area contributed by atoms with Gasteiger partial charge in [-0.1, -0.05) is 12.8 Å². The summed E-state index contributed by atoms with van der Waals surface area (Å²) in [6, 6.07) is 3.94. The van der Waals surface area contributed by atoms with E-state index >= 15 is 0 Å². The predicted molar refractivity (Wildman–Crippen MR) is 84.9 cm³/mol. The van der Waals surface area contributed by atoms with E-state index in [0.717, 1.165) is 31.7 Å². The van der Waals surface area contributed by atoms with Crippen LogP contribution in [0.25, 0.3) is 0 Å². The average molecular weight is 336 g/mol. The van der Waals surface area contributed by atoms with Crippen LogP contribution in [0.4, 0.5) is 5.69 Å². The highest BCUT2D eigenvalue weighted by Crippen LogP contribution is 2.28. The number of hydrogen-bond acceptors (Lipinski definition) is 6. The second-order valence-electron chi connectivity index (χ2n) is 5.50. The van der Waals surface area contributed by atoms with Crippen molar-refractivity contribution in [2.45, 2.75) is 38.6 Å². The van der Waals surface area contributed by atoms with Crippen molar-refractivity contribution in [1.82, 2.24) is 5.32 Å². The second kappa shape index (κ2) is 8.28. The van der Waals surface area contributed by atoms with Gasteiger partial charge in [-0.05, 0) is 31.9 Å². The third-order valence-corrected chi connectivity index (χ3v) is 3.75. The number of ether oxygens (including phenoxy) is 2. The Morgan fingerprint density at radius 1 is 1.33 bits per heavy atom. The number of nitro benzene ring substituents is 1. The lowest BCUT2D eigenvalue weighted by molar-refractivity contribution is -0.385. The quantitative estimate of drug-likeness (QED) is 0.464. The zero-order chi connectivity index (χ0) is 17.5. The molecule has 1 amide bonds. The lowest BCUT2D eigenvalue weighted by Gasteiger charge is -2.12. The molecule has 1 aromatic rings. The number of carbonyl (C=O) groups is 2. The number of esters is 1. The molecule has 0 atom stereocenters. The summed E-state index contributed by atoms with van der Waals surface area (Å²) in [5.41, 5.74) is -0.319. The zero-order valence-corrected chi connectivity index (χ0v) is 13.4. The first-order valence-corrected chi connectivity index (χ1v) is 7.89. The summed E-state index contributed by atoms with van der Waals surface area (Å²) >= 11 is 0. The molecular weight excluding hydrogens is 316 g/mol. The van der Waals surface area contributed by atoms with Crippen molar-refractivity contribution >= 4 is 17.6 Å². The molecule has 0 saturated heterocycles. The van der Waals surface area contributed by atoms with Gasteiger partial charge in [0.15, 0.2) is 12.4 Å². The summed E-state index contributed by atoms with van der Waals surface area (Å²) < 4.78 is 10.1. The highest BCUT2D eigenvalue weighted by atomic mass is 16.6.